The Morgan fingerprint density at radius 3 is 2.53 bits per heavy atom. The lowest BCUT2D eigenvalue weighted by molar-refractivity contribution is -0.00833. The van der Waals surface area contributed by atoms with Crippen LogP contribution in [0.2, 0.25) is 0 Å². The molecule has 0 aliphatic carbocycles. The monoisotopic (exact) mass is 553 g/mol. The number of hydrogen-bond donors (Lipinski definition) is 2. The fraction of sp³-hybridized carbons (Fsp3) is 0.850. The maximum Gasteiger partial charge on any atom is 0.191 e. The number of aromatic nitrogens is 3. The molecule has 8 nitrogen and oxygen atoms in total. The van der Waals surface area contributed by atoms with E-state index >= 15 is 0 Å². The third-order valence-electron chi connectivity index (χ3n) is 5.17. The molecule has 0 radical (unpaired) electrons. The van der Waals surface area contributed by atoms with Crippen molar-refractivity contribution in [2.24, 2.45) is 10.9 Å². The van der Waals surface area contributed by atoms with Crippen molar-refractivity contribution in [3.8, 4) is 0 Å². The molecule has 0 amide bonds. The Kier molecular flexibility index (Phi) is 12.6. The highest BCUT2D eigenvalue weighted by Gasteiger charge is 2.28. The van der Waals surface area contributed by atoms with Crippen molar-refractivity contribution < 1.29 is 4.74 Å². The first-order valence-electron chi connectivity index (χ1n) is 10.6. The van der Waals surface area contributed by atoms with Crippen LogP contribution in [0.15, 0.2) is 10.1 Å². The van der Waals surface area contributed by atoms with Crippen LogP contribution in [0.1, 0.15) is 39.9 Å². The largest absolute Gasteiger partial charge is 0.379 e. The standard InChI is InChI=1S/C20H39N7OS.HI/c1-16(2)14-27-17(24-25-19(27)29-6)8-7-9-22-18(21-5)23-15-20(3,4)26-10-12-28-13-11-26;/h16H,7-15H2,1-6H3,(H2,21,22,23);1H. The predicted octanol–water partition coefficient (Wildman–Crippen LogP) is 2.48. The van der Waals surface area contributed by atoms with Crippen LogP contribution in [0.5, 0.6) is 0 Å². The van der Waals surface area contributed by atoms with Crippen molar-refractivity contribution in [2.45, 2.75) is 57.8 Å². The van der Waals surface area contributed by atoms with Gasteiger partial charge in [0.1, 0.15) is 5.82 Å². The Morgan fingerprint density at radius 2 is 1.93 bits per heavy atom. The van der Waals surface area contributed by atoms with E-state index < -0.39 is 0 Å². The first kappa shape index (κ1) is 27.4. The lowest BCUT2D eigenvalue weighted by atomic mass is 10.0. The van der Waals surface area contributed by atoms with E-state index in [1.165, 1.54) is 0 Å². The van der Waals surface area contributed by atoms with Gasteiger partial charge in [-0.3, -0.25) is 9.89 Å². The fourth-order valence-electron chi connectivity index (χ4n) is 3.46. The van der Waals surface area contributed by atoms with Crippen LogP contribution in [0, 0.1) is 5.92 Å². The summed E-state index contributed by atoms with van der Waals surface area (Å²) in [4.78, 5) is 6.84. The van der Waals surface area contributed by atoms with E-state index in [9.17, 15) is 0 Å². The van der Waals surface area contributed by atoms with E-state index in [0.717, 1.165) is 75.7 Å². The van der Waals surface area contributed by atoms with E-state index in [0.29, 0.717) is 5.92 Å². The van der Waals surface area contributed by atoms with Crippen LogP contribution < -0.4 is 10.6 Å². The molecule has 0 bridgehead atoms. The number of nitrogens with one attached hydrogen (secondary N) is 2. The van der Waals surface area contributed by atoms with Gasteiger partial charge in [0.05, 0.1) is 13.2 Å². The van der Waals surface area contributed by atoms with E-state index in [1.54, 1.807) is 11.8 Å². The number of ether oxygens (including phenoxy) is 1. The quantitative estimate of drug-likeness (QED) is 0.152. The molecule has 1 aliphatic rings. The van der Waals surface area contributed by atoms with Crippen molar-refractivity contribution in [3.63, 3.8) is 0 Å². The molecule has 1 aliphatic heterocycles. The van der Waals surface area contributed by atoms with Crippen LogP contribution in [0.3, 0.4) is 0 Å². The first-order chi connectivity index (χ1) is 13.9. The average Bonchev–Trinajstić information content (AvgIpc) is 3.09. The van der Waals surface area contributed by atoms with E-state index in [1.807, 2.05) is 7.05 Å². The molecule has 0 saturated carbocycles. The van der Waals surface area contributed by atoms with Crippen LogP contribution in [0.4, 0.5) is 0 Å². The molecule has 30 heavy (non-hydrogen) atoms. The predicted molar refractivity (Wildman–Crippen MR) is 136 cm³/mol. The summed E-state index contributed by atoms with van der Waals surface area (Å²) in [5.74, 6) is 2.49. The average molecular weight is 554 g/mol. The number of halogens is 1. The molecule has 0 spiro atoms. The fourth-order valence-corrected chi connectivity index (χ4v) is 3.98. The van der Waals surface area contributed by atoms with Gasteiger partial charge >= 0.3 is 0 Å². The second-order valence-electron chi connectivity index (χ2n) is 8.48. The lowest BCUT2D eigenvalue weighted by Crippen LogP contribution is -2.56. The zero-order valence-electron chi connectivity index (χ0n) is 19.4. The highest BCUT2D eigenvalue weighted by molar-refractivity contribution is 14.0. The Bertz CT molecular complexity index is 645. The molecule has 174 valence electrons. The second-order valence-corrected chi connectivity index (χ2v) is 9.25. The zero-order valence-corrected chi connectivity index (χ0v) is 22.5. The van der Waals surface area contributed by atoms with Gasteiger partial charge in [-0.25, -0.2) is 0 Å². The van der Waals surface area contributed by atoms with Gasteiger partial charge < -0.3 is 19.9 Å². The summed E-state index contributed by atoms with van der Waals surface area (Å²) < 4.78 is 7.73. The molecule has 10 heteroatoms. The molecule has 1 saturated heterocycles. The van der Waals surface area contributed by atoms with Crippen LogP contribution >= 0.6 is 35.7 Å². The Labute approximate surface area is 203 Å². The molecule has 0 atom stereocenters. The molecule has 1 fully saturated rings. The van der Waals surface area contributed by atoms with Crippen molar-refractivity contribution in [3.05, 3.63) is 5.82 Å². The number of morpholine rings is 1. The minimum Gasteiger partial charge on any atom is -0.379 e. The Balaban J connectivity index is 0.00000450. The summed E-state index contributed by atoms with van der Waals surface area (Å²) in [7, 11) is 1.82. The summed E-state index contributed by atoms with van der Waals surface area (Å²) >= 11 is 1.66. The van der Waals surface area contributed by atoms with Crippen molar-refractivity contribution in [1.29, 1.82) is 0 Å². The Morgan fingerprint density at radius 1 is 1.23 bits per heavy atom. The number of rotatable bonds is 10. The zero-order chi connectivity index (χ0) is 21.3. The summed E-state index contributed by atoms with van der Waals surface area (Å²) in [6.45, 7) is 15.2. The maximum absolute atomic E-state index is 5.47. The van der Waals surface area contributed by atoms with Crippen LogP contribution in [-0.4, -0.2) is 83.9 Å². The molecule has 1 aromatic heterocycles. The van der Waals surface area contributed by atoms with Crippen molar-refractivity contribution >= 4 is 41.7 Å². The normalized spacial score (nSPS) is 15.9. The Hall–Kier alpha value is -0.590. The van der Waals surface area contributed by atoms with Gasteiger partial charge in [0, 0.05) is 51.7 Å². The third-order valence-corrected chi connectivity index (χ3v) is 5.84. The number of guanidine groups is 1. The van der Waals surface area contributed by atoms with Gasteiger partial charge in [-0.1, -0.05) is 25.6 Å². The van der Waals surface area contributed by atoms with Gasteiger partial charge in [-0.05, 0) is 32.4 Å². The summed E-state index contributed by atoms with van der Waals surface area (Å²) in [5.41, 5.74) is 0.0584. The van der Waals surface area contributed by atoms with Gasteiger partial charge in [0.2, 0.25) is 0 Å². The van der Waals surface area contributed by atoms with E-state index in [-0.39, 0.29) is 29.5 Å². The van der Waals surface area contributed by atoms with Crippen LogP contribution in [0.25, 0.3) is 0 Å². The molecular formula is C20H40IN7OS. The molecule has 2 N–H and O–H groups in total. The highest BCUT2D eigenvalue weighted by atomic mass is 127. The number of nitrogens with zero attached hydrogens (tertiary/aromatic N) is 5. The van der Waals surface area contributed by atoms with Gasteiger partial charge in [0.15, 0.2) is 11.1 Å². The lowest BCUT2D eigenvalue weighted by Gasteiger charge is -2.41. The summed E-state index contributed by atoms with van der Waals surface area (Å²) in [5, 5.41) is 16.6. The molecule has 0 aromatic carbocycles. The molecule has 2 rings (SSSR count). The van der Waals surface area contributed by atoms with Gasteiger partial charge in [-0.15, -0.1) is 34.2 Å². The van der Waals surface area contributed by atoms with E-state index in [4.69, 9.17) is 4.74 Å². The van der Waals surface area contributed by atoms with Gasteiger partial charge in [-0.2, -0.15) is 0 Å². The molecule has 2 heterocycles. The topological polar surface area (TPSA) is 79.6 Å². The minimum absolute atomic E-state index is 0. The molecule has 0 unspecified atom stereocenters. The maximum atomic E-state index is 5.47. The highest BCUT2D eigenvalue weighted by Crippen LogP contribution is 2.17. The molecular weight excluding hydrogens is 513 g/mol. The summed E-state index contributed by atoms with van der Waals surface area (Å²) in [6.07, 6.45) is 3.95. The number of hydrogen-bond acceptors (Lipinski definition) is 6. The second kappa shape index (κ2) is 13.7. The third kappa shape index (κ3) is 8.51. The minimum atomic E-state index is 0. The number of aliphatic imine (C=N–C) groups is 1. The molecule has 1 aromatic rings. The van der Waals surface area contributed by atoms with Crippen LogP contribution in [-0.2, 0) is 17.7 Å². The summed E-state index contributed by atoms with van der Waals surface area (Å²) in [6, 6.07) is 0. The van der Waals surface area contributed by atoms with E-state index in [2.05, 4.69) is 69.2 Å². The number of thioether (sulfide) groups is 1. The van der Waals surface area contributed by atoms with Crippen molar-refractivity contribution in [1.82, 2.24) is 30.3 Å². The van der Waals surface area contributed by atoms with Gasteiger partial charge in [0.25, 0.3) is 0 Å². The van der Waals surface area contributed by atoms with Crippen molar-refractivity contribution in [2.75, 3.05) is 52.7 Å². The smallest absolute Gasteiger partial charge is 0.191 e. The SMILES string of the molecule is CN=C(NCCCc1nnc(SC)n1CC(C)C)NCC(C)(C)N1CCOCC1.I. The first-order valence-corrected chi connectivity index (χ1v) is 11.8. The number of aryl methyl sites for hydroxylation is 1.